The zero-order valence-electron chi connectivity index (χ0n) is 14.2. The van der Waals surface area contributed by atoms with Crippen molar-refractivity contribution < 1.29 is 9.59 Å². The molecule has 0 aliphatic heterocycles. The number of carbonyl (C=O) groups excluding carboxylic acids is 2. The lowest BCUT2D eigenvalue weighted by Gasteiger charge is -2.12. The van der Waals surface area contributed by atoms with E-state index < -0.39 is 0 Å². The zero-order chi connectivity index (χ0) is 18.5. The zero-order valence-corrected chi connectivity index (χ0v) is 15.9. The predicted octanol–water partition coefficient (Wildman–Crippen LogP) is 3.93. The van der Waals surface area contributed by atoms with Crippen LogP contribution in [-0.2, 0) is 9.59 Å². The lowest BCUT2D eigenvalue weighted by atomic mass is 10.1. The SMILES string of the molecule is Cc1ccc(NC(=S)NC(=O)/C=C/c2cccs2)cc1NC(=O)C1CC1. The molecule has 0 radical (unpaired) electrons. The van der Waals surface area contributed by atoms with E-state index in [1.807, 2.05) is 42.6 Å². The number of thiocarbonyl (C=S) groups is 1. The minimum atomic E-state index is -0.301. The minimum absolute atomic E-state index is 0.0554. The van der Waals surface area contributed by atoms with Crippen molar-refractivity contribution in [3.05, 3.63) is 52.2 Å². The molecule has 3 rings (SSSR count). The number of thiophene rings is 1. The van der Waals surface area contributed by atoms with Gasteiger partial charge in [0.05, 0.1) is 0 Å². The Bertz CT molecular complexity index is 856. The topological polar surface area (TPSA) is 70.2 Å². The van der Waals surface area contributed by atoms with Crippen molar-refractivity contribution in [3.63, 3.8) is 0 Å². The van der Waals surface area contributed by atoms with Gasteiger partial charge in [-0.25, -0.2) is 0 Å². The molecule has 2 aromatic rings. The average molecular weight is 386 g/mol. The monoisotopic (exact) mass is 385 g/mol. The number of aryl methyl sites for hydroxylation is 1. The molecule has 1 fully saturated rings. The summed E-state index contributed by atoms with van der Waals surface area (Å²) >= 11 is 6.73. The quantitative estimate of drug-likeness (QED) is 0.539. The van der Waals surface area contributed by atoms with Crippen molar-refractivity contribution in [2.24, 2.45) is 5.92 Å². The molecule has 1 aliphatic carbocycles. The lowest BCUT2D eigenvalue weighted by Crippen LogP contribution is -2.32. The van der Waals surface area contributed by atoms with Crippen LogP contribution in [-0.4, -0.2) is 16.9 Å². The van der Waals surface area contributed by atoms with E-state index >= 15 is 0 Å². The highest BCUT2D eigenvalue weighted by Crippen LogP contribution is 2.31. The van der Waals surface area contributed by atoms with E-state index in [2.05, 4.69) is 16.0 Å². The molecule has 1 aromatic heterocycles. The average Bonchev–Trinajstić information content (AvgIpc) is 3.32. The van der Waals surface area contributed by atoms with Crippen LogP contribution in [0.15, 0.2) is 41.8 Å². The normalized spacial score (nSPS) is 13.4. The van der Waals surface area contributed by atoms with Gasteiger partial charge in [0, 0.05) is 28.2 Å². The number of amides is 2. The second kappa shape index (κ2) is 8.25. The fraction of sp³-hybridized carbons (Fsp3) is 0.211. The van der Waals surface area contributed by atoms with E-state index in [9.17, 15) is 9.59 Å². The molecule has 1 heterocycles. The molecular weight excluding hydrogens is 366 g/mol. The Kier molecular flexibility index (Phi) is 5.80. The summed E-state index contributed by atoms with van der Waals surface area (Å²) in [7, 11) is 0. The molecule has 26 heavy (non-hydrogen) atoms. The van der Waals surface area contributed by atoms with Gasteiger partial charge in [0.2, 0.25) is 11.8 Å². The standard InChI is InChI=1S/C19H19N3O2S2/c1-12-4-7-14(11-16(12)21-18(24)13-5-6-13)20-19(25)22-17(23)9-8-15-3-2-10-26-15/h2-4,7-11,13H,5-6H2,1H3,(H,21,24)(H2,20,22,23,25)/b9-8+. The Hall–Kier alpha value is -2.51. The highest BCUT2D eigenvalue weighted by Gasteiger charge is 2.29. The summed E-state index contributed by atoms with van der Waals surface area (Å²) in [6.07, 6.45) is 5.09. The van der Waals surface area contributed by atoms with Crippen LogP contribution in [0.5, 0.6) is 0 Å². The molecule has 7 heteroatoms. The Morgan fingerprint density at radius 1 is 1.23 bits per heavy atom. The number of hydrogen-bond donors (Lipinski definition) is 3. The maximum atomic E-state index is 12.0. The number of anilines is 2. The third-order valence-electron chi connectivity index (χ3n) is 3.88. The molecule has 1 aliphatic rings. The molecular formula is C19H19N3O2S2. The highest BCUT2D eigenvalue weighted by molar-refractivity contribution is 7.80. The van der Waals surface area contributed by atoms with Crippen LogP contribution in [0.1, 0.15) is 23.3 Å². The first-order valence-electron chi connectivity index (χ1n) is 8.26. The van der Waals surface area contributed by atoms with Crippen LogP contribution < -0.4 is 16.0 Å². The van der Waals surface area contributed by atoms with Crippen molar-refractivity contribution in [3.8, 4) is 0 Å². The Labute approximate surface area is 161 Å². The van der Waals surface area contributed by atoms with Gasteiger partial charge in [0.25, 0.3) is 0 Å². The van der Waals surface area contributed by atoms with E-state index in [0.717, 1.165) is 29.0 Å². The largest absolute Gasteiger partial charge is 0.332 e. The van der Waals surface area contributed by atoms with Gasteiger partial charge in [-0.3, -0.25) is 14.9 Å². The molecule has 0 spiro atoms. The number of hydrogen-bond acceptors (Lipinski definition) is 4. The van der Waals surface area contributed by atoms with Crippen LogP contribution in [0, 0.1) is 12.8 Å². The summed E-state index contributed by atoms with van der Waals surface area (Å²) in [6, 6.07) is 9.41. The molecule has 0 saturated heterocycles. The van der Waals surface area contributed by atoms with Crippen molar-refractivity contribution in [2.75, 3.05) is 10.6 Å². The van der Waals surface area contributed by atoms with Gasteiger partial charge in [-0.2, -0.15) is 0 Å². The number of carbonyl (C=O) groups is 2. The van der Waals surface area contributed by atoms with Gasteiger partial charge < -0.3 is 10.6 Å². The van der Waals surface area contributed by atoms with Gasteiger partial charge in [-0.05, 0) is 67.2 Å². The molecule has 134 valence electrons. The highest BCUT2D eigenvalue weighted by atomic mass is 32.1. The second-order valence-corrected chi connectivity index (χ2v) is 7.47. The van der Waals surface area contributed by atoms with Crippen molar-refractivity contribution >= 4 is 57.9 Å². The Morgan fingerprint density at radius 2 is 2.04 bits per heavy atom. The summed E-state index contributed by atoms with van der Waals surface area (Å²) in [5, 5.41) is 10.7. The first-order chi connectivity index (χ1) is 12.5. The van der Waals surface area contributed by atoms with Gasteiger partial charge in [-0.1, -0.05) is 12.1 Å². The molecule has 0 unspecified atom stereocenters. The van der Waals surface area contributed by atoms with E-state index in [1.165, 1.54) is 6.08 Å². The molecule has 0 bridgehead atoms. The van der Waals surface area contributed by atoms with Crippen LogP contribution in [0.4, 0.5) is 11.4 Å². The molecule has 1 aromatic carbocycles. The number of benzene rings is 1. The van der Waals surface area contributed by atoms with Gasteiger partial charge in [-0.15, -0.1) is 11.3 Å². The van der Waals surface area contributed by atoms with Gasteiger partial charge in [0.1, 0.15) is 0 Å². The summed E-state index contributed by atoms with van der Waals surface area (Å²) in [5.41, 5.74) is 2.42. The van der Waals surface area contributed by atoms with Crippen LogP contribution in [0.25, 0.3) is 6.08 Å². The van der Waals surface area contributed by atoms with Crippen molar-refractivity contribution in [2.45, 2.75) is 19.8 Å². The first kappa shape index (κ1) is 18.3. The smallest absolute Gasteiger partial charge is 0.250 e. The molecule has 0 atom stereocenters. The summed E-state index contributed by atoms with van der Waals surface area (Å²) < 4.78 is 0. The third kappa shape index (κ3) is 5.24. The van der Waals surface area contributed by atoms with Gasteiger partial charge in [0.15, 0.2) is 5.11 Å². The third-order valence-corrected chi connectivity index (χ3v) is 4.92. The number of rotatable bonds is 5. The molecule has 2 amide bonds. The predicted molar refractivity (Wildman–Crippen MR) is 110 cm³/mol. The van der Waals surface area contributed by atoms with E-state index in [4.69, 9.17) is 12.2 Å². The van der Waals surface area contributed by atoms with Crippen molar-refractivity contribution in [1.29, 1.82) is 0 Å². The van der Waals surface area contributed by atoms with Crippen LogP contribution >= 0.6 is 23.6 Å². The molecule has 5 nitrogen and oxygen atoms in total. The maximum absolute atomic E-state index is 12.0. The Balaban J connectivity index is 1.56. The van der Waals surface area contributed by atoms with E-state index in [0.29, 0.717) is 5.69 Å². The maximum Gasteiger partial charge on any atom is 0.250 e. The fourth-order valence-corrected chi connectivity index (χ4v) is 3.11. The Morgan fingerprint density at radius 3 is 2.73 bits per heavy atom. The first-order valence-corrected chi connectivity index (χ1v) is 9.55. The lowest BCUT2D eigenvalue weighted by molar-refractivity contribution is -0.117. The van der Waals surface area contributed by atoms with Gasteiger partial charge >= 0.3 is 0 Å². The summed E-state index contributed by atoms with van der Waals surface area (Å²) in [4.78, 5) is 24.9. The molecule has 3 N–H and O–H groups in total. The minimum Gasteiger partial charge on any atom is -0.332 e. The van der Waals surface area contributed by atoms with E-state index in [-0.39, 0.29) is 22.8 Å². The summed E-state index contributed by atoms with van der Waals surface area (Å²) in [6.45, 7) is 1.93. The van der Waals surface area contributed by atoms with Crippen LogP contribution in [0.3, 0.4) is 0 Å². The second-order valence-electron chi connectivity index (χ2n) is 6.09. The summed E-state index contributed by atoms with van der Waals surface area (Å²) in [5.74, 6) is -0.105. The van der Waals surface area contributed by atoms with E-state index in [1.54, 1.807) is 17.4 Å². The fourth-order valence-electron chi connectivity index (χ4n) is 2.27. The van der Waals surface area contributed by atoms with Crippen LogP contribution in [0.2, 0.25) is 0 Å². The number of nitrogens with one attached hydrogen (secondary N) is 3. The van der Waals surface area contributed by atoms with Crippen molar-refractivity contribution in [1.82, 2.24) is 5.32 Å². The molecule has 1 saturated carbocycles.